The summed E-state index contributed by atoms with van der Waals surface area (Å²) >= 11 is 0. The molecule has 4 rings (SSSR count). The molecule has 0 saturated heterocycles. The molecule has 1 amide bonds. The summed E-state index contributed by atoms with van der Waals surface area (Å²) < 4.78 is 10.8. The number of rotatable bonds is 8. The molecular formula is C28H22N2O4. The number of carbonyl (C=O) groups is 2. The minimum atomic E-state index is -0.469. The fourth-order valence-corrected chi connectivity index (χ4v) is 3.12. The number of hydrogen-bond donors (Lipinski definition) is 1. The van der Waals surface area contributed by atoms with Crippen LogP contribution in [0.25, 0.3) is 16.8 Å². The van der Waals surface area contributed by atoms with Gasteiger partial charge in [-0.15, -0.1) is 0 Å². The van der Waals surface area contributed by atoms with Gasteiger partial charge in [-0.3, -0.25) is 4.79 Å². The SMILES string of the molecule is O=C(COc1ccc2ccccc2c1)NN=Cc1ccc(OC(=O)C=Cc2ccccc2)cc1. The zero-order valence-electron chi connectivity index (χ0n) is 18.3. The van der Waals surface area contributed by atoms with E-state index in [1.54, 1.807) is 30.3 Å². The predicted octanol–water partition coefficient (Wildman–Crippen LogP) is 4.99. The first-order valence-corrected chi connectivity index (χ1v) is 10.6. The smallest absolute Gasteiger partial charge is 0.336 e. The summed E-state index contributed by atoms with van der Waals surface area (Å²) in [5.74, 6) is 0.179. The number of hydrogen-bond acceptors (Lipinski definition) is 5. The highest BCUT2D eigenvalue weighted by Crippen LogP contribution is 2.20. The molecule has 6 heteroatoms. The van der Waals surface area contributed by atoms with Crippen molar-refractivity contribution in [3.8, 4) is 11.5 Å². The maximum atomic E-state index is 12.0. The Morgan fingerprint density at radius 2 is 1.47 bits per heavy atom. The fraction of sp³-hybridized carbons (Fsp3) is 0.0357. The van der Waals surface area contributed by atoms with Gasteiger partial charge in [0.25, 0.3) is 5.91 Å². The minimum Gasteiger partial charge on any atom is -0.484 e. The highest BCUT2D eigenvalue weighted by Gasteiger charge is 2.03. The van der Waals surface area contributed by atoms with Gasteiger partial charge in [0.1, 0.15) is 11.5 Å². The number of ether oxygens (including phenoxy) is 2. The van der Waals surface area contributed by atoms with Crippen LogP contribution in [-0.4, -0.2) is 24.7 Å². The van der Waals surface area contributed by atoms with Gasteiger partial charge in [0.15, 0.2) is 6.61 Å². The molecule has 4 aromatic rings. The molecule has 0 aromatic heterocycles. The number of amides is 1. The monoisotopic (exact) mass is 450 g/mol. The summed E-state index contributed by atoms with van der Waals surface area (Å²) in [5, 5.41) is 6.08. The van der Waals surface area contributed by atoms with Crippen LogP contribution in [0.2, 0.25) is 0 Å². The third-order valence-corrected chi connectivity index (χ3v) is 4.80. The Hall–Kier alpha value is -4.71. The van der Waals surface area contributed by atoms with E-state index in [-0.39, 0.29) is 12.5 Å². The van der Waals surface area contributed by atoms with Gasteiger partial charge in [0, 0.05) is 6.08 Å². The fourth-order valence-electron chi connectivity index (χ4n) is 3.12. The Kier molecular flexibility index (Phi) is 7.43. The van der Waals surface area contributed by atoms with E-state index in [9.17, 15) is 9.59 Å². The second-order valence-corrected chi connectivity index (χ2v) is 7.32. The van der Waals surface area contributed by atoms with E-state index in [1.807, 2.05) is 72.8 Å². The lowest BCUT2D eigenvalue weighted by Gasteiger charge is -2.06. The first-order valence-electron chi connectivity index (χ1n) is 10.6. The van der Waals surface area contributed by atoms with Crippen molar-refractivity contribution in [2.75, 3.05) is 6.61 Å². The number of nitrogens with zero attached hydrogens (tertiary/aromatic N) is 1. The number of fused-ring (bicyclic) bond motifs is 1. The molecule has 0 atom stereocenters. The van der Waals surface area contributed by atoms with Gasteiger partial charge < -0.3 is 9.47 Å². The molecule has 0 bridgehead atoms. The van der Waals surface area contributed by atoms with Crippen molar-refractivity contribution < 1.29 is 19.1 Å². The Balaban J connectivity index is 1.22. The van der Waals surface area contributed by atoms with E-state index >= 15 is 0 Å². The largest absolute Gasteiger partial charge is 0.484 e. The highest BCUT2D eigenvalue weighted by atomic mass is 16.5. The summed E-state index contributed by atoms with van der Waals surface area (Å²) in [6.07, 6.45) is 4.56. The van der Waals surface area contributed by atoms with Gasteiger partial charge >= 0.3 is 5.97 Å². The predicted molar refractivity (Wildman–Crippen MR) is 133 cm³/mol. The molecule has 0 saturated carbocycles. The van der Waals surface area contributed by atoms with E-state index < -0.39 is 5.97 Å². The third kappa shape index (κ3) is 6.64. The summed E-state index contributed by atoms with van der Waals surface area (Å²) in [6.45, 7) is -0.152. The molecule has 0 unspecified atom stereocenters. The van der Waals surface area contributed by atoms with Crippen molar-refractivity contribution in [1.82, 2.24) is 5.43 Å². The Labute approximate surface area is 197 Å². The molecule has 0 fully saturated rings. The minimum absolute atomic E-state index is 0.152. The van der Waals surface area contributed by atoms with Crippen molar-refractivity contribution in [2.24, 2.45) is 5.10 Å². The van der Waals surface area contributed by atoms with Crippen LogP contribution in [0, 0.1) is 0 Å². The Morgan fingerprint density at radius 1 is 0.765 bits per heavy atom. The van der Waals surface area contributed by atoms with Crippen LogP contribution in [0.5, 0.6) is 11.5 Å². The maximum Gasteiger partial charge on any atom is 0.336 e. The van der Waals surface area contributed by atoms with Crippen LogP contribution in [0.15, 0.2) is 108 Å². The number of carbonyl (C=O) groups excluding carboxylic acids is 2. The van der Waals surface area contributed by atoms with Crippen LogP contribution >= 0.6 is 0 Å². The van der Waals surface area contributed by atoms with Crippen LogP contribution < -0.4 is 14.9 Å². The lowest BCUT2D eigenvalue weighted by molar-refractivity contribution is -0.129. The molecule has 34 heavy (non-hydrogen) atoms. The second-order valence-electron chi connectivity index (χ2n) is 7.32. The van der Waals surface area contributed by atoms with E-state index in [1.165, 1.54) is 12.3 Å². The standard InChI is InChI=1S/C28H22N2O4/c31-27(20-33-26-16-13-23-8-4-5-9-24(23)18-26)30-29-19-22-10-14-25(15-11-22)34-28(32)17-12-21-6-2-1-3-7-21/h1-19H,20H2,(H,30,31). The number of nitrogens with one attached hydrogen (secondary N) is 1. The first kappa shape index (κ1) is 22.5. The maximum absolute atomic E-state index is 12.0. The van der Waals surface area contributed by atoms with E-state index in [0.717, 1.165) is 21.9 Å². The molecule has 0 spiro atoms. The molecule has 0 radical (unpaired) electrons. The average molecular weight is 450 g/mol. The van der Waals surface area contributed by atoms with E-state index in [0.29, 0.717) is 11.5 Å². The van der Waals surface area contributed by atoms with Crippen LogP contribution in [-0.2, 0) is 9.59 Å². The topological polar surface area (TPSA) is 77.0 Å². The molecule has 0 aliphatic carbocycles. The zero-order valence-corrected chi connectivity index (χ0v) is 18.3. The van der Waals surface area contributed by atoms with Gasteiger partial charge in [-0.1, -0.05) is 60.7 Å². The molecule has 168 valence electrons. The molecule has 0 aliphatic heterocycles. The summed E-state index contributed by atoms with van der Waals surface area (Å²) in [4.78, 5) is 23.9. The third-order valence-electron chi connectivity index (χ3n) is 4.80. The second kappa shape index (κ2) is 11.2. The van der Waals surface area contributed by atoms with Gasteiger partial charge in [-0.25, -0.2) is 10.2 Å². The first-order chi connectivity index (χ1) is 16.7. The van der Waals surface area contributed by atoms with Crippen LogP contribution in [0.3, 0.4) is 0 Å². The molecule has 1 N–H and O–H groups in total. The molecule has 4 aromatic carbocycles. The van der Waals surface area contributed by atoms with E-state index in [4.69, 9.17) is 9.47 Å². The quantitative estimate of drug-likeness (QED) is 0.135. The number of hydrazone groups is 1. The van der Waals surface area contributed by atoms with Crippen molar-refractivity contribution in [3.05, 3.63) is 114 Å². The van der Waals surface area contributed by atoms with Crippen molar-refractivity contribution in [2.45, 2.75) is 0 Å². The van der Waals surface area contributed by atoms with Crippen molar-refractivity contribution in [3.63, 3.8) is 0 Å². The molecule has 0 aliphatic rings. The van der Waals surface area contributed by atoms with Gasteiger partial charge in [-0.05, 0) is 64.4 Å². The van der Waals surface area contributed by atoms with Crippen molar-refractivity contribution >= 4 is 34.9 Å². The van der Waals surface area contributed by atoms with Gasteiger partial charge in [0.05, 0.1) is 6.21 Å². The Morgan fingerprint density at radius 3 is 2.26 bits per heavy atom. The molecule has 6 nitrogen and oxygen atoms in total. The van der Waals surface area contributed by atoms with Gasteiger partial charge in [-0.2, -0.15) is 5.10 Å². The Bertz CT molecular complexity index is 1330. The molecule has 0 heterocycles. The van der Waals surface area contributed by atoms with E-state index in [2.05, 4.69) is 10.5 Å². The van der Waals surface area contributed by atoms with Crippen LogP contribution in [0.4, 0.5) is 0 Å². The summed E-state index contributed by atoms with van der Waals surface area (Å²) in [5.41, 5.74) is 4.07. The molecular weight excluding hydrogens is 428 g/mol. The van der Waals surface area contributed by atoms with Gasteiger partial charge in [0.2, 0.25) is 0 Å². The zero-order chi connectivity index (χ0) is 23.6. The summed E-state index contributed by atoms with van der Waals surface area (Å²) in [7, 11) is 0. The number of esters is 1. The average Bonchev–Trinajstić information content (AvgIpc) is 2.88. The lowest BCUT2D eigenvalue weighted by atomic mass is 10.1. The highest BCUT2D eigenvalue weighted by molar-refractivity contribution is 5.89. The number of benzene rings is 4. The summed E-state index contributed by atoms with van der Waals surface area (Å²) in [6, 6.07) is 29.8. The normalized spacial score (nSPS) is 11.1. The van der Waals surface area contributed by atoms with Crippen LogP contribution in [0.1, 0.15) is 11.1 Å². The van der Waals surface area contributed by atoms with Crippen molar-refractivity contribution in [1.29, 1.82) is 0 Å². The lowest BCUT2D eigenvalue weighted by Crippen LogP contribution is -2.24.